The van der Waals surface area contributed by atoms with Gasteiger partial charge in [0.05, 0.1) is 6.10 Å². The standard InChI is InChI=1S/C19H25F3O2S/c1-12(2)15-10-9-13(3)11-16(15)24-18(25-19(20,21)22)17(23)14-7-5-4-6-8-14/h4-8,12-13,15-16,18H,9-11H2,1-3H3/t13-,15+,16-,18-/m1/s1. The summed E-state index contributed by atoms with van der Waals surface area (Å²) in [6.07, 6.45) is 2.34. The molecule has 0 N–H and O–H groups in total. The maximum atomic E-state index is 13.0. The summed E-state index contributed by atoms with van der Waals surface area (Å²) < 4.78 is 44.8. The van der Waals surface area contributed by atoms with Gasteiger partial charge in [0.25, 0.3) is 0 Å². The number of thioether (sulfide) groups is 1. The summed E-state index contributed by atoms with van der Waals surface area (Å²) in [7, 11) is 0. The van der Waals surface area contributed by atoms with E-state index in [0.29, 0.717) is 18.3 Å². The smallest absolute Gasteiger partial charge is 0.355 e. The molecule has 0 aliphatic heterocycles. The molecule has 0 amide bonds. The molecular weight excluding hydrogens is 349 g/mol. The number of ether oxygens (including phenoxy) is 1. The van der Waals surface area contributed by atoms with Crippen molar-refractivity contribution in [1.29, 1.82) is 0 Å². The normalized spacial score (nSPS) is 25.8. The van der Waals surface area contributed by atoms with Crippen LogP contribution in [0.1, 0.15) is 50.4 Å². The minimum absolute atomic E-state index is 0.177. The number of hydrogen-bond donors (Lipinski definition) is 0. The number of halogens is 3. The number of rotatable bonds is 6. The fourth-order valence-corrected chi connectivity index (χ4v) is 4.12. The summed E-state index contributed by atoms with van der Waals surface area (Å²) >= 11 is -0.358. The van der Waals surface area contributed by atoms with Gasteiger partial charge in [-0.2, -0.15) is 13.2 Å². The first-order valence-corrected chi connectivity index (χ1v) is 9.54. The zero-order valence-electron chi connectivity index (χ0n) is 14.8. The first-order valence-electron chi connectivity index (χ1n) is 8.66. The second kappa shape index (κ2) is 8.58. The van der Waals surface area contributed by atoms with Crippen LogP contribution in [0.5, 0.6) is 0 Å². The first kappa shape index (κ1) is 20.3. The molecule has 0 spiro atoms. The minimum atomic E-state index is -4.53. The highest BCUT2D eigenvalue weighted by molar-refractivity contribution is 8.01. The number of benzene rings is 1. The number of carbonyl (C=O) groups excluding carboxylic acids is 1. The first-order chi connectivity index (χ1) is 11.7. The Bertz CT molecular complexity index is 560. The van der Waals surface area contributed by atoms with Crippen LogP contribution in [-0.2, 0) is 4.74 Å². The van der Waals surface area contributed by atoms with Gasteiger partial charge in [-0.1, -0.05) is 57.5 Å². The van der Waals surface area contributed by atoms with Crippen molar-refractivity contribution in [3.05, 3.63) is 35.9 Å². The van der Waals surface area contributed by atoms with E-state index in [9.17, 15) is 18.0 Å². The van der Waals surface area contributed by atoms with Gasteiger partial charge in [0.1, 0.15) is 0 Å². The van der Waals surface area contributed by atoms with E-state index in [-0.39, 0.29) is 29.3 Å². The Labute approximate surface area is 151 Å². The van der Waals surface area contributed by atoms with Crippen molar-refractivity contribution in [3.8, 4) is 0 Å². The summed E-state index contributed by atoms with van der Waals surface area (Å²) in [6.45, 7) is 6.20. The maximum Gasteiger partial charge on any atom is 0.444 e. The van der Waals surface area contributed by atoms with Crippen LogP contribution in [0.3, 0.4) is 0 Å². The fraction of sp³-hybridized carbons (Fsp3) is 0.632. The highest BCUT2D eigenvalue weighted by Crippen LogP contribution is 2.41. The number of ketones is 1. The lowest BCUT2D eigenvalue weighted by atomic mass is 9.75. The van der Waals surface area contributed by atoms with Gasteiger partial charge in [0.2, 0.25) is 5.78 Å². The van der Waals surface area contributed by atoms with Crippen molar-refractivity contribution < 1.29 is 22.7 Å². The molecule has 140 valence electrons. The van der Waals surface area contributed by atoms with Crippen molar-refractivity contribution in [3.63, 3.8) is 0 Å². The quantitative estimate of drug-likeness (QED) is 0.456. The third-order valence-corrected chi connectivity index (χ3v) is 5.58. The number of carbonyl (C=O) groups is 1. The summed E-state index contributed by atoms with van der Waals surface area (Å²) in [5.41, 5.74) is -5.84. The van der Waals surface area contributed by atoms with Crippen LogP contribution in [0.4, 0.5) is 13.2 Å². The minimum Gasteiger partial charge on any atom is -0.355 e. The molecule has 1 fully saturated rings. The molecule has 0 bridgehead atoms. The third kappa shape index (κ3) is 6.03. The van der Waals surface area contributed by atoms with E-state index in [0.717, 1.165) is 12.8 Å². The second-order valence-electron chi connectivity index (χ2n) is 7.13. The van der Waals surface area contributed by atoms with Crippen molar-refractivity contribution in [2.24, 2.45) is 17.8 Å². The molecule has 1 aliphatic carbocycles. The Balaban J connectivity index is 2.21. The zero-order chi connectivity index (χ0) is 18.6. The van der Waals surface area contributed by atoms with Crippen LogP contribution < -0.4 is 0 Å². The van der Waals surface area contributed by atoms with E-state index in [1.165, 1.54) is 12.1 Å². The third-order valence-electron chi connectivity index (χ3n) is 4.77. The Kier molecular flexibility index (Phi) is 6.97. The largest absolute Gasteiger partial charge is 0.444 e. The van der Waals surface area contributed by atoms with Gasteiger partial charge in [0, 0.05) is 5.56 Å². The molecular formula is C19H25F3O2S. The van der Waals surface area contributed by atoms with E-state index >= 15 is 0 Å². The molecule has 0 heterocycles. The van der Waals surface area contributed by atoms with E-state index in [1.807, 2.05) is 0 Å². The van der Waals surface area contributed by atoms with E-state index in [1.54, 1.807) is 18.2 Å². The van der Waals surface area contributed by atoms with Gasteiger partial charge < -0.3 is 4.74 Å². The van der Waals surface area contributed by atoms with Gasteiger partial charge >= 0.3 is 5.51 Å². The van der Waals surface area contributed by atoms with Crippen LogP contribution >= 0.6 is 11.8 Å². The van der Waals surface area contributed by atoms with Crippen LogP contribution in [0.15, 0.2) is 30.3 Å². The molecule has 0 aromatic heterocycles. The summed E-state index contributed by atoms with van der Waals surface area (Å²) in [5.74, 6) is 0.254. The van der Waals surface area contributed by atoms with Crippen LogP contribution in [0.25, 0.3) is 0 Å². The maximum absolute atomic E-state index is 13.0. The molecule has 0 saturated heterocycles. The van der Waals surface area contributed by atoms with Gasteiger partial charge in [-0.05, 0) is 42.4 Å². The van der Waals surface area contributed by atoms with Gasteiger partial charge in [-0.15, -0.1) is 0 Å². The van der Waals surface area contributed by atoms with Crippen LogP contribution in [0.2, 0.25) is 0 Å². The number of Topliss-reactive ketones (excluding diaryl/α,β-unsaturated/α-hetero) is 1. The molecule has 25 heavy (non-hydrogen) atoms. The molecule has 0 radical (unpaired) electrons. The molecule has 1 aromatic rings. The van der Waals surface area contributed by atoms with Crippen molar-refractivity contribution in [2.45, 2.75) is 57.1 Å². The molecule has 2 nitrogen and oxygen atoms in total. The Morgan fingerprint density at radius 3 is 2.40 bits per heavy atom. The highest BCUT2D eigenvalue weighted by atomic mass is 32.2. The lowest BCUT2D eigenvalue weighted by molar-refractivity contribution is -0.0565. The molecule has 2 rings (SSSR count). The summed E-state index contributed by atoms with van der Waals surface area (Å²) in [5, 5.41) is 0. The van der Waals surface area contributed by atoms with Crippen LogP contribution in [-0.4, -0.2) is 22.8 Å². The van der Waals surface area contributed by atoms with E-state index < -0.39 is 16.7 Å². The van der Waals surface area contributed by atoms with E-state index in [4.69, 9.17) is 4.74 Å². The van der Waals surface area contributed by atoms with Crippen LogP contribution in [0, 0.1) is 17.8 Å². The van der Waals surface area contributed by atoms with Crippen molar-refractivity contribution >= 4 is 17.5 Å². The Morgan fingerprint density at radius 2 is 1.84 bits per heavy atom. The number of hydrogen-bond acceptors (Lipinski definition) is 3. The highest BCUT2D eigenvalue weighted by Gasteiger charge is 2.41. The SMILES string of the molecule is CC(C)[C@@H]1CC[C@@H](C)C[C@H]1O[C@H](SC(F)(F)F)C(=O)c1ccccc1. The molecule has 0 unspecified atom stereocenters. The van der Waals surface area contributed by atoms with E-state index in [2.05, 4.69) is 20.8 Å². The summed E-state index contributed by atoms with van der Waals surface area (Å²) in [4.78, 5) is 12.6. The molecule has 6 heteroatoms. The number of alkyl halides is 3. The molecule has 1 saturated carbocycles. The second-order valence-corrected chi connectivity index (χ2v) is 8.25. The summed E-state index contributed by atoms with van der Waals surface area (Å²) in [6, 6.07) is 8.06. The Hall–Kier alpha value is -1.01. The van der Waals surface area contributed by atoms with Crippen molar-refractivity contribution in [2.75, 3.05) is 0 Å². The predicted molar refractivity (Wildman–Crippen MR) is 94.4 cm³/mol. The van der Waals surface area contributed by atoms with Crippen molar-refractivity contribution in [1.82, 2.24) is 0 Å². The fourth-order valence-electron chi connectivity index (χ4n) is 3.43. The topological polar surface area (TPSA) is 26.3 Å². The van der Waals surface area contributed by atoms with Gasteiger partial charge in [-0.25, -0.2) is 0 Å². The Morgan fingerprint density at radius 1 is 1.20 bits per heavy atom. The predicted octanol–water partition coefficient (Wildman–Crippen LogP) is 5.93. The monoisotopic (exact) mass is 374 g/mol. The molecule has 4 atom stereocenters. The molecule has 1 aliphatic rings. The molecule has 1 aromatic carbocycles. The lowest BCUT2D eigenvalue weighted by Gasteiger charge is -2.38. The average Bonchev–Trinajstić information content (AvgIpc) is 2.53. The average molecular weight is 374 g/mol. The van der Waals surface area contributed by atoms with Gasteiger partial charge in [-0.3, -0.25) is 4.79 Å². The van der Waals surface area contributed by atoms with Gasteiger partial charge in [0.15, 0.2) is 5.44 Å². The zero-order valence-corrected chi connectivity index (χ0v) is 15.6. The lowest BCUT2D eigenvalue weighted by Crippen LogP contribution is -2.39.